The van der Waals surface area contributed by atoms with E-state index in [0.29, 0.717) is 17.2 Å². The molecule has 0 spiro atoms. The number of carbonyl (C=O) groups is 1. The first-order valence-corrected chi connectivity index (χ1v) is 9.66. The molecule has 2 aromatic heterocycles. The Morgan fingerprint density at radius 3 is 2.52 bits per heavy atom. The van der Waals surface area contributed by atoms with Crippen LogP contribution in [0.5, 0.6) is 0 Å². The summed E-state index contributed by atoms with van der Waals surface area (Å²) in [5.41, 5.74) is 4.05. The second-order valence-corrected chi connectivity index (χ2v) is 7.65. The van der Waals surface area contributed by atoms with E-state index in [-0.39, 0.29) is 5.91 Å². The van der Waals surface area contributed by atoms with Crippen LogP contribution in [-0.2, 0) is 0 Å². The van der Waals surface area contributed by atoms with Gasteiger partial charge in [-0.3, -0.25) is 9.78 Å². The molecule has 0 radical (unpaired) electrons. The van der Waals surface area contributed by atoms with Gasteiger partial charge < -0.3 is 5.32 Å². The minimum atomic E-state index is -0.186. The Hall–Kier alpha value is -3.05. The summed E-state index contributed by atoms with van der Waals surface area (Å²) < 4.78 is 1.08. The molecular weight excluding hydrogens is 354 g/mol. The lowest BCUT2D eigenvalue weighted by Crippen LogP contribution is -2.13. The number of hydrogen-bond donors (Lipinski definition) is 1. The fraction of sp³-hybridized carbons (Fsp3) is 0.136. The fourth-order valence-electron chi connectivity index (χ4n) is 2.88. The second kappa shape index (κ2) is 7.29. The van der Waals surface area contributed by atoms with Gasteiger partial charge in [0.1, 0.15) is 10.7 Å². The second-order valence-electron chi connectivity index (χ2n) is 6.62. The highest BCUT2D eigenvalue weighted by Crippen LogP contribution is 2.31. The Balaban J connectivity index is 1.64. The number of anilines is 1. The zero-order valence-corrected chi connectivity index (χ0v) is 16.0. The Morgan fingerprint density at radius 1 is 1.00 bits per heavy atom. The van der Waals surface area contributed by atoms with Crippen LogP contribution in [0.2, 0.25) is 0 Å². The number of rotatable bonds is 4. The smallest absolute Gasteiger partial charge is 0.257 e. The van der Waals surface area contributed by atoms with E-state index in [0.717, 1.165) is 20.9 Å². The van der Waals surface area contributed by atoms with Crippen molar-refractivity contribution in [3.8, 4) is 10.7 Å². The first-order chi connectivity index (χ1) is 13.1. The molecule has 4 rings (SSSR count). The van der Waals surface area contributed by atoms with Crippen LogP contribution >= 0.6 is 11.3 Å². The van der Waals surface area contributed by atoms with E-state index in [2.05, 4.69) is 29.1 Å². The van der Waals surface area contributed by atoms with Crippen molar-refractivity contribution in [3.05, 3.63) is 78.0 Å². The molecule has 0 aliphatic heterocycles. The number of benzene rings is 2. The van der Waals surface area contributed by atoms with Crippen LogP contribution in [0.15, 0.2) is 66.9 Å². The lowest BCUT2D eigenvalue weighted by atomic mass is 10.0. The van der Waals surface area contributed by atoms with E-state index in [9.17, 15) is 4.79 Å². The first-order valence-electron chi connectivity index (χ1n) is 8.84. The average Bonchev–Trinajstić information content (AvgIpc) is 3.12. The molecule has 1 amide bonds. The molecule has 0 saturated heterocycles. The maximum Gasteiger partial charge on any atom is 0.257 e. The lowest BCUT2D eigenvalue weighted by molar-refractivity contribution is 0.102. The SMILES string of the molecule is CC(C)c1ccc(NC(=O)c2cccnc2-c2nc3ccccc3s2)cc1. The molecule has 0 fully saturated rings. The third-order valence-corrected chi connectivity index (χ3v) is 5.43. The molecule has 0 aliphatic rings. The molecular formula is C22H19N3OS. The van der Waals surface area contributed by atoms with Crippen molar-refractivity contribution in [2.45, 2.75) is 19.8 Å². The number of nitrogens with one attached hydrogen (secondary N) is 1. The molecule has 0 bridgehead atoms. The minimum absolute atomic E-state index is 0.186. The molecule has 2 aromatic carbocycles. The summed E-state index contributed by atoms with van der Waals surface area (Å²) in [6.45, 7) is 4.29. The van der Waals surface area contributed by atoms with E-state index in [1.807, 2.05) is 48.5 Å². The molecule has 134 valence electrons. The normalized spacial score (nSPS) is 11.1. The standard InChI is InChI=1S/C22H19N3OS/c1-14(2)15-9-11-16(12-10-15)24-21(26)17-6-5-13-23-20(17)22-25-18-7-3-4-8-19(18)27-22/h3-14H,1-2H3,(H,24,26). The van der Waals surface area contributed by atoms with Crippen molar-refractivity contribution in [2.24, 2.45) is 0 Å². The van der Waals surface area contributed by atoms with E-state index < -0.39 is 0 Å². The van der Waals surface area contributed by atoms with Gasteiger partial charge in [0.15, 0.2) is 0 Å². The van der Waals surface area contributed by atoms with Crippen LogP contribution in [0.25, 0.3) is 20.9 Å². The number of nitrogens with zero attached hydrogens (tertiary/aromatic N) is 2. The Morgan fingerprint density at radius 2 is 1.78 bits per heavy atom. The number of fused-ring (bicyclic) bond motifs is 1. The molecule has 4 nitrogen and oxygen atoms in total. The van der Waals surface area contributed by atoms with Gasteiger partial charge in [0.25, 0.3) is 5.91 Å². The molecule has 27 heavy (non-hydrogen) atoms. The van der Waals surface area contributed by atoms with E-state index in [1.54, 1.807) is 18.3 Å². The fourth-order valence-corrected chi connectivity index (χ4v) is 3.86. The third-order valence-electron chi connectivity index (χ3n) is 4.38. The molecule has 0 atom stereocenters. The summed E-state index contributed by atoms with van der Waals surface area (Å²) in [5, 5.41) is 3.71. The van der Waals surface area contributed by atoms with Gasteiger partial charge >= 0.3 is 0 Å². The number of amides is 1. The van der Waals surface area contributed by atoms with Crippen LogP contribution < -0.4 is 5.32 Å². The maximum atomic E-state index is 12.9. The summed E-state index contributed by atoms with van der Waals surface area (Å²) in [4.78, 5) is 21.9. The molecule has 5 heteroatoms. The van der Waals surface area contributed by atoms with E-state index >= 15 is 0 Å². The van der Waals surface area contributed by atoms with Crippen molar-refractivity contribution in [1.82, 2.24) is 9.97 Å². The van der Waals surface area contributed by atoms with Gasteiger partial charge in [-0.25, -0.2) is 4.98 Å². The highest BCUT2D eigenvalue weighted by atomic mass is 32.1. The maximum absolute atomic E-state index is 12.9. The Kier molecular flexibility index (Phi) is 4.69. The van der Waals surface area contributed by atoms with Crippen molar-refractivity contribution in [1.29, 1.82) is 0 Å². The highest BCUT2D eigenvalue weighted by molar-refractivity contribution is 7.21. The highest BCUT2D eigenvalue weighted by Gasteiger charge is 2.17. The Labute approximate surface area is 161 Å². The summed E-state index contributed by atoms with van der Waals surface area (Å²) in [7, 11) is 0. The largest absolute Gasteiger partial charge is 0.322 e. The number of para-hydroxylation sites is 1. The van der Waals surface area contributed by atoms with Gasteiger partial charge in [-0.2, -0.15) is 0 Å². The van der Waals surface area contributed by atoms with Crippen LogP contribution in [0, 0.1) is 0 Å². The van der Waals surface area contributed by atoms with Gasteiger partial charge in [-0.15, -0.1) is 11.3 Å². The van der Waals surface area contributed by atoms with Gasteiger partial charge in [-0.05, 0) is 47.9 Å². The number of aromatic nitrogens is 2. The number of carbonyl (C=O) groups excluding carboxylic acids is 1. The van der Waals surface area contributed by atoms with Crippen LogP contribution in [0.4, 0.5) is 5.69 Å². The molecule has 0 aliphatic carbocycles. The van der Waals surface area contributed by atoms with Crippen LogP contribution in [0.3, 0.4) is 0 Å². The zero-order chi connectivity index (χ0) is 18.8. The Bertz CT molecular complexity index is 1070. The molecule has 2 heterocycles. The molecule has 0 saturated carbocycles. The topological polar surface area (TPSA) is 54.9 Å². The van der Waals surface area contributed by atoms with Gasteiger partial charge in [0.05, 0.1) is 15.8 Å². The monoisotopic (exact) mass is 373 g/mol. The first kappa shape index (κ1) is 17.4. The predicted molar refractivity (Wildman–Crippen MR) is 111 cm³/mol. The minimum Gasteiger partial charge on any atom is -0.322 e. The summed E-state index contributed by atoms with van der Waals surface area (Å²) >= 11 is 1.54. The molecule has 0 unspecified atom stereocenters. The van der Waals surface area contributed by atoms with Gasteiger partial charge in [0, 0.05) is 11.9 Å². The van der Waals surface area contributed by atoms with Crippen LogP contribution in [-0.4, -0.2) is 15.9 Å². The average molecular weight is 373 g/mol. The van der Waals surface area contributed by atoms with E-state index in [1.165, 1.54) is 16.9 Å². The zero-order valence-electron chi connectivity index (χ0n) is 15.1. The summed E-state index contributed by atoms with van der Waals surface area (Å²) in [6.07, 6.45) is 1.69. The van der Waals surface area contributed by atoms with Gasteiger partial charge in [-0.1, -0.05) is 38.1 Å². The third kappa shape index (κ3) is 3.59. The number of thiazole rings is 1. The van der Waals surface area contributed by atoms with E-state index in [4.69, 9.17) is 0 Å². The quantitative estimate of drug-likeness (QED) is 0.497. The van der Waals surface area contributed by atoms with Gasteiger partial charge in [0.2, 0.25) is 0 Å². The van der Waals surface area contributed by atoms with Crippen molar-refractivity contribution < 1.29 is 4.79 Å². The lowest BCUT2D eigenvalue weighted by Gasteiger charge is -2.10. The summed E-state index contributed by atoms with van der Waals surface area (Å²) in [5.74, 6) is 0.272. The molecule has 4 aromatic rings. The number of pyridine rings is 1. The predicted octanol–water partition coefficient (Wildman–Crippen LogP) is 5.73. The van der Waals surface area contributed by atoms with Crippen molar-refractivity contribution >= 4 is 33.1 Å². The molecule has 1 N–H and O–H groups in total. The van der Waals surface area contributed by atoms with Crippen molar-refractivity contribution in [3.63, 3.8) is 0 Å². The summed E-state index contributed by atoms with van der Waals surface area (Å²) in [6, 6.07) is 19.4. The van der Waals surface area contributed by atoms with Crippen LogP contribution in [0.1, 0.15) is 35.7 Å². The van der Waals surface area contributed by atoms with Crippen molar-refractivity contribution in [2.75, 3.05) is 5.32 Å². The number of hydrogen-bond acceptors (Lipinski definition) is 4.